The van der Waals surface area contributed by atoms with Gasteiger partial charge >= 0.3 is 0 Å². The zero-order valence-electron chi connectivity index (χ0n) is 68.9. The van der Waals surface area contributed by atoms with E-state index in [4.69, 9.17) is 33.1 Å². The first-order chi connectivity index (χ1) is 58.6. The number of halogens is 5. The zero-order valence-corrected chi connectivity index (χ0v) is 69.7. The first-order valence-corrected chi connectivity index (χ1v) is 42.3. The van der Waals surface area contributed by atoms with Crippen molar-refractivity contribution in [3.63, 3.8) is 0 Å². The Labute approximate surface area is 712 Å². The van der Waals surface area contributed by atoms with Crippen LogP contribution in [0.4, 0.5) is 22.0 Å². The molecular weight excluding hydrogens is 1510 g/mol. The number of benzene rings is 13. The van der Waals surface area contributed by atoms with Gasteiger partial charge in [-0.25, -0.2) is 22.0 Å². The van der Waals surface area contributed by atoms with Gasteiger partial charge in [0.05, 0.1) is 12.4 Å². The van der Waals surface area contributed by atoms with Crippen LogP contribution in [0.15, 0.2) is 381 Å². The molecular formula is C106H114F5N7OS. The fraction of sp³-hybridized carbons (Fsp3) is 0.217. The molecule has 11 N–H and O–H groups in total. The summed E-state index contributed by atoms with van der Waals surface area (Å²) in [5.41, 5.74) is 38.4. The summed E-state index contributed by atoms with van der Waals surface area (Å²) in [6, 6.07) is 119. The van der Waals surface area contributed by atoms with Gasteiger partial charge in [-0.15, -0.1) is 0 Å². The van der Waals surface area contributed by atoms with E-state index in [0.717, 1.165) is 73.1 Å². The number of hydrogen-bond donors (Lipinski definition) is 7. The summed E-state index contributed by atoms with van der Waals surface area (Å²) < 4.78 is 72.9. The van der Waals surface area contributed by atoms with Crippen LogP contribution in [0.1, 0.15) is 172 Å². The van der Waals surface area contributed by atoms with Gasteiger partial charge in [-0.3, -0.25) is 5.41 Å². The van der Waals surface area contributed by atoms with E-state index < -0.39 is 0 Å². The van der Waals surface area contributed by atoms with Gasteiger partial charge in [0.15, 0.2) is 0 Å². The van der Waals surface area contributed by atoms with Crippen molar-refractivity contribution in [3.8, 4) is 0 Å². The van der Waals surface area contributed by atoms with Crippen LogP contribution < -0.4 is 33.6 Å². The van der Waals surface area contributed by atoms with Crippen LogP contribution in [-0.4, -0.2) is 44.7 Å². The lowest BCUT2D eigenvalue weighted by Crippen LogP contribution is -2.29. The molecule has 0 bridgehead atoms. The maximum Gasteiger partial charge on any atom is 0.123 e. The second-order valence-corrected chi connectivity index (χ2v) is 30.4. The molecule has 0 radical (unpaired) electrons. The number of nitrogens with one attached hydrogen (secondary N) is 3. The topological polar surface area (TPSA) is 161 Å². The van der Waals surface area contributed by atoms with Gasteiger partial charge in [-0.2, -0.15) is 11.3 Å². The van der Waals surface area contributed by atoms with E-state index in [1.807, 2.05) is 78.2 Å². The minimum Gasteiger partial charge on any atom is -0.388 e. The van der Waals surface area contributed by atoms with Crippen LogP contribution in [0.2, 0.25) is 0 Å². The number of hydrogen-bond acceptors (Lipinski definition) is 8. The fourth-order valence-corrected chi connectivity index (χ4v) is 15.5. The third-order valence-corrected chi connectivity index (χ3v) is 21.7. The molecule has 0 saturated heterocycles. The van der Waals surface area contributed by atoms with Crippen LogP contribution >= 0.6 is 11.3 Å². The van der Waals surface area contributed by atoms with Crippen molar-refractivity contribution in [3.05, 3.63) is 488 Å². The Morgan fingerprint density at radius 2 is 0.708 bits per heavy atom. The summed E-state index contributed by atoms with van der Waals surface area (Å²) in [4.78, 5) is 0. The van der Waals surface area contributed by atoms with Crippen LogP contribution in [-0.2, 0) is 11.3 Å². The molecule has 0 spiro atoms. The first kappa shape index (κ1) is 92.3. The number of rotatable bonds is 32. The smallest absolute Gasteiger partial charge is 0.123 e. The van der Waals surface area contributed by atoms with Crippen molar-refractivity contribution in [2.45, 2.75) is 107 Å². The highest BCUT2D eigenvalue weighted by molar-refractivity contribution is 7.08. The van der Waals surface area contributed by atoms with Crippen molar-refractivity contribution in [1.82, 2.24) is 10.6 Å². The van der Waals surface area contributed by atoms with Gasteiger partial charge in [0, 0.05) is 61.2 Å². The largest absolute Gasteiger partial charge is 0.388 e. The van der Waals surface area contributed by atoms with Crippen LogP contribution in [0.5, 0.6) is 0 Å². The minimum absolute atomic E-state index is 0.0153. The van der Waals surface area contributed by atoms with Crippen molar-refractivity contribution in [1.29, 1.82) is 5.41 Å². The van der Waals surface area contributed by atoms with Crippen molar-refractivity contribution < 1.29 is 26.7 Å². The summed E-state index contributed by atoms with van der Waals surface area (Å²) >= 11 is 1.66. The average molecular weight is 1630 g/mol. The third kappa shape index (κ3) is 31.0. The number of thiophene rings is 1. The third-order valence-electron chi connectivity index (χ3n) is 21.0. The zero-order chi connectivity index (χ0) is 84.9. The fourth-order valence-electron chi connectivity index (χ4n) is 14.8. The van der Waals surface area contributed by atoms with Crippen molar-refractivity contribution in [2.24, 2.45) is 28.9 Å². The predicted octanol–water partition coefficient (Wildman–Crippen LogP) is 24.6. The molecule has 0 saturated carbocycles. The molecule has 4 atom stereocenters. The van der Waals surface area contributed by atoms with E-state index in [1.165, 1.54) is 93.5 Å². The molecule has 2 unspecified atom stereocenters. The van der Waals surface area contributed by atoms with Gasteiger partial charge in [0.1, 0.15) is 35.2 Å². The second kappa shape index (κ2) is 51.7. The summed E-state index contributed by atoms with van der Waals surface area (Å²) in [5, 5.41) is 18.7. The second-order valence-electron chi connectivity index (χ2n) is 29.6. The van der Waals surface area contributed by atoms with Crippen molar-refractivity contribution >= 4 is 17.2 Å². The first-order valence-electron chi connectivity index (χ1n) is 41.3. The molecule has 0 fully saturated rings. The van der Waals surface area contributed by atoms with Gasteiger partial charge in [0.2, 0.25) is 0 Å². The summed E-state index contributed by atoms with van der Waals surface area (Å²) in [7, 11) is 0. The Kier molecular flexibility index (Phi) is 39.8. The molecule has 0 aliphatic rings. The maximum atomic E-state index is 13.6. The van der Waals surface area contributed by atoms with Gasteiger partial charge in [-0.1, -0.05) is 317 Å². The minimum atomic E-state index is -0.359. The van der Waals surface area contributed by atoms with Crippen LogP contribution in [0, 0.1) is 40.4 Å². The van der Waals surface area contributed by atoms with Crippen molar-refractivity contribution in [2.75, 3.05) is 32.8 Å². The molecule has 14 rings (SSSR count). The van der Waals surface area contributed by atoms with Crippen LogP contribution in [0.25, 0.3) is 0 Å². The highest BCUT2D eigenvalue weighted by Crippen LogP contribution is 2.36. The lowest BCUT2D eigenvalue weighted by atomic mass is 9.79. The number of amidine groups is 1. The van der Waals surface area contributed by atoms with E-state index >= 15 is 0 Å². The van der Waals surface area contributed by atoms with Crippen LogP contribution in [0.3, 0.4) is 0 Å². The Morgan fingerprint density at radius 3 is 1.05 bits per heavy atom. The van der Waals surface area contributed by atoms with E-state index in [9.17, 15) is 22.0 Å². The summed E-state index contributed by atoms with van der Waals surface area (Å²) in [5.74, 6) is -0.388. The highest BCUT2D eigenvalue weighted by Gasteiger charge is 2.25. The van der Waals surface area contributed by atoms with E-state index in [2.05, 4.69) is 231 Å². The quantitative estimate of drug-likeness (QED) is 0.00956. The normalized spacial score (nSPS) is 11.9. The summed E-state index contributed by atoms with van der Waals surface area (Å²) in [6.07, 6.45) is 4.01. The van der Waals surface area contributed by atoms with E-state index in [1.54, 1.807) is 59.9 Å². The molecule has 0 aliphatic carbocycles. The molecule has 0 aliphatic heterocycles. The van der Waals surface area contributed by atoms with E-state index in [-0.39, 0.29) is 71.2 Å². The SMILES string of the molecule is CCC(NCCC(c1ccccc1)c1ccccc1)c1ccccc1.C[C@H](N)[C@H](C)C(c1ccccc1)c1ccccc1.Fc1cccc(C(CCNCc2ccccc2)c2cccc(F)c2)c1.N=C(N)CC(c1cccc(F)c1)c1cccc(F)c1.NCCC(c1ccsc1)c1cccc(F)c1.NCCOC(c1ccccc1)c1ccccc1. The molecule has 14 heteroatoms. The Morgan fingerprint density at radius 1 is 0.375 bits per heavy atom. The molecule has 120 heavy (non-hydrogen) atoms. The van der Waals surface area contributed by atoms with Gasteiger partial charge in [-0.05, 0) is 214 Å². The predicted molar refractivity (Wildman–Crippen MR) is 489 cm³/mol. The Balaban J connectivity index is 0.000000165. The maximum absolute atomic E-state index is 13.6. The van der Waals surface area contributed by atoms with Gasteiger partial charge < -0.3 is 38.3 Å². The van der Waals surface area contributed by atoms with E-state index in [0.29, 0.717) is 54.6 Å². The molecule has 8 nitrogen and oxygen atoms in total. The Hall–Kier alpha value is -11.6. The Bertz CT molecular complexity index is 4900. The monoisotopic (exact) mass is 1630 g/mol. The average Bonchev–Trinajstić information content (AvgIpc) is 0.914. The molecule has 1 heterocycles. The highest BCUT2D eigenvalue weighted by atomic mass is 32.1. The molecule has 620 valence electrons. The lowest BCUT2D eigenvalue weighted by molar-refractivity contribution is 0.0864. The number of nitrogens with two attached hydrogens (primary N) is 4. The lowest BCUT2D eigenvalue weighted by Gasteiger charge is -2.28. The summed E-state index contributed by atoms with van der Waals surface area (Å²) in [6.45, 7) is 10.8. The standard InChI is InChI=1S/C24H27N.C22H21F2N.C17H21N.C15H14F2N2.C15H17NO.C13H14FNS/c1-2-24(22-16-10-5-11-17-22)25-19-18-23(20-12-6-3-7-13-20)21-14-8-4-9-15-21;23-20-10-4-8-18(14-20)22(19-9-5-11-21(24)15-19)12-13-25-16-17-6-2-1-3-7-17;1-13(14(2)18)17(15-9-5-3-6-10-15)16-11-7-4-8-12-16;16-12-5-1-3-10(7-12)14(9-15(18)19)11-4-2-6-13(17)8-11;16-11-12-17-15(13-7-3-1-4-8-13)14-9-5-2-6-10-14;14-12-3-1-2-10(8-12)13(4-6-15)11-5-7-16-9-11/h3-17,23-25H,2,18-19H2,1H3;1-11,14-15,22,25H,12-13,16H2;3-14,17H,18H2,1-2H3;1-8,14H,9H2,(H3,18,19);1-10,15H,11-12,16H2;1-3,5,7-9,13H,4,6,15H2/t;;13-,14-;;;/m..0.../s1. The molecule has 13 aromatic carbocycles. The molecule has 0 amide bonds. The number of ether oxygens (including phenoxy) is 1. The molecule has 14 aromatic rings. The van der Waals surface area contributed by atoms with Gasteiger partial charge in [0.25, 0.3) is 0 Å². The molecule has 1 aromatic heterocycles.